The van der Waals surface area contributed by atoms with Gasteiger partial charge in [-0.1, -0.05) is 36.9 Å². The molecule has 0 saturated carbocycles. The molecule has 118 valence electrons. The van der Waals surface area contributed by atoms with Gasteiger partial charge in [0, 0.05) is 18.1 Å². The van der Waals surface area contributed by atoms with Crippen molar-refractivity contribution in [1.82, 2.24) is 0 Å². The lowest BCUT2D eigenvalue weighted by Crippen LogP contribution is -3.00. The zero-order chi connectivity index (χ0) is 15.2. The molecule has 0 saturated heterocycles. The predicted octanol–water partition coefficient (Wildman–Crippen LogP) is 0.513. The fraction of sp³-hybridized carbons (Fsp3) is 0.471. The van der Waals surface area contributed by atoms with E-state index in [1.54, 1.807) is 6.92 Å². The van der Waals surface area contributed by atoms with Gasteiger partial charge in [-0.3, -0.25) is 4.48 Å². The predicted molar refractivity (Wildman–Crippen MR) is 81.9 cm³/mol. The van der Waals surface area contributed by atoms with Crippen molar-refractivity contribution < 1.29 is 18.7 Å². The van der Waals surface area contributed by atoms with Crippen molar-refractivity contribution in [3.8, 4) is 0 Å². The summed E-state index contributed by atoms with van der Waals surface area (Å²) in [6.45, 7) is 14.3. The van der Waals surface area contributed by atoms with Crippen LogP contribution in [0.5, 0.6) is 0 Å². The van der Waals surface area contributed by atoms with Gasteiger partial charge in [0.15, 0.2) is 0 Å². The summed E-state index contributed by atoms with van der Waals surface area (Å²) >= 11 is 0. The average Bonchev–Trinajstić information content (AvgIpc) is 2.45. The molecule has 0 radical (unpaired) electrons. The number of ether oxygens (including phenoxy) is 1. The Balaban J connectivity index is 0.00000400. The van der Waals surface area contributed by atoms with Gasteiger partial charge in [0.05, 0.1) is 13.1 Å². The monoisotopic (exact) mass is 295 g/mol. The Morgan fingerprint density at radius 3 is 2.19 bits per heavy atom. The van der Waals surface area contributed by atoms with Crippen LogP contribution in [0.4, 0.5) is 0 Å². The first-order valence-electron chi connectivity index (χ1n) is 7.21. The number of halogens is 1. The van der Waals surface area contributed by atoms with Gasteiger partial charge < -0.3 is 9.44 Å². The first-order valence-corrected chi connectivity index (χ1v) is 7.21. The highest BCUT2D eigenvalue weighted by Gasteiger charge is 2.33. The lowest BCUT2D eigenvalue weighted by Gasteiger charge is -2.41. The molecule has 1 aromatic rings. The molecule has 0 amide bonds. The van der Waals surface area contributed by atoms with Crippen LogP contribution < -0.4 is 4.70 Å². The third-order valence-corrected chi connectivity index (χ3v) is 4.00. The number of hydrogen-bond acceptors (Lipinski definition) is 2. The summed E-state index contributed by atoms with van der Waals surface area (Å²) in [5, 5.41) is 0. The van der Waals surface area contributed by atoms with Gasteiger partial charge in [-0.15, -0.1) is 0 Å². The van der Waals surface area contributed by atoms with Gasteiger partial charge in [0.25, 0.3) is 0 Å². The van der Waals surface area contributed by atoms with Crippen molar-refractivity contribution >= 4 is 5.97 Å². The first kappa shape index (κ1) is 19.3. The van der Waals surface area contributed by atoms with E-state index in [0.29, 0.717) is 5.57 Å². The highest BCUT2D eigenvalue weighted by atomic mass is 19.0. The van der Waals surface area contributed by atoms with Crippen LogP contribution in [-0.4, -0.2) is 29.8 Å². The van der Waals surface area contributed by atoms with Crippen molar-refractivity contribution in [3.05, 3.63) is 48.0 Å². The summed E-state index contributed by atoms with van der Waals surface area (Å²) in [6.07, 6.45) is -0.186. The molecule has 21 heavy (non-hydrogen) atoms. The molecule has 1 aromatic carbocycles. The molecule has 0 aliphatic carbocycles. The van der Waals surface area contributed by atoms with Crippen LogP contribution in [0.25, 0.3) is 0 Å². The molecular formula is C17H26FNO2. The van der Waals surface area contributed by atoms with E-state index in [4.69, 9.17) is 4.74 Å². The topological polar surface area (TPSA) is 26.3 Å². The second-order valence-electron chi connectivity index (χ2n) is 5.28. The number of hydrogen-bond donors (Lipinski definition) is 0. The van der Waals surface area contributed by atoms with Crippen molar-refractivity contribution in [1.29, 1.82) is 0 Å². The number of esters is 1. The maximum Gasteiger partial charge on any atom is 0.337 e. The number of benzene rings is 1. The van der Waals surface area contributed by atoms with E-state index >= 15 is 0 Å². The summed E-state index contributed by atoms with van der Waals surface area (Å²) in [5.41, 5.74) is 1.70. The Kier molecular flexibility index (Phi) is 7.89. The molecule has 0 fully saturated rings. The molecule has 0 bridgehead atoms. The maximum absolute atomic E-state index is 11.8. The van der Waals surface area contributed by atoms with Crippen molar-refractivity contribution in [2.24, 2.45) is 0 Å². The number of nitrogens with zero attached hydrogens (tertiary/aromatic N) is 1. The van der Waals surface area contributed by atoms with Gasteiger partial charge in [-0.25, -0.2) is 4.79 Å². The molecule has 0 spiro atoms. The van der Waals surface area contributed by atoms with Crippen molar-refractivity contribution in [2.75, 3.05) is 13.1 Å². The quantitative estimate of drug-likeness (QED) is 0.317. The Bertz CT molecular complexity index is 455. The molecule has 3 nitrogen and oxygen atoms in total. The van der Waals surface area contributed by atoms with E-state index in [2.05, 4.69) is 32.6 Å². The second kappa shape index (κ2) is 8.57. The lowest BCUT2D eigenvalue weighted by atomic mass is 10.1. The van der Waals surface area contributed by atoms with E-state index in [1.807, 2.05) is 25.1 Å². The fourth-order valence-electron chi connectivity index (χ4n) is 2.40. The highest BCUT2D eigenvalue weighted by molar-refractivity contribution is 5.86. The van der Waals surface area contributed by atoms with Crippen LogP contribution in [0.1, 0.15) is 33.3 Å². The van der Waals surface area contributed by atoms with Crippen LogP contribution in [0.3, 0.4) is 0 Å². The third-order valence-electron chi connectivity index (χ3n) is 4.00. The van der Waals surface area contributed by atoms with E-state index in [9.17, 15) is 4.79 Å². The van der Waals surface area contributed by atoms with Crippen LogP contribution >= 0.6 is 0 Å². The molecule has 0 heterocycles. The van der Waals surface area contributed by atoms with Crippen LogP contribution in [0, 0.1) is 0 Å². The molecule has 0 aromatic heterocycles. The molecule has 1 rings (SSSR count). The van der Waals surface area contributed by atoms with Gasteiger partial charge in [0.2, 0.25) is 6.23 Å². The highest BCUT2D eigenvalue weighted by Crippen LogP contribution is 2.21. The third kappa shape index (κ3) is 4.97. The second-order valence-corrected chi connectivity index (χ2v) is 5.28. The molecule has 1 unspecified atom stereocenters. The Hall–Kier alpha value is -1.68. The number of carbonyl (C=O) groups is 1. The van der Waals surface area contributed by atoms with Gasteiger partial charge >= 0.3 is 5.97 Å². The lowest BCUT2D eigenvalue weighted by molar-refractivity contribution is -0.976. The van der Waals surface area contributed by atoms with Crippen LogP contribution in [0.2, 0.25) is 0 Å². The van der Waals surface area contributed by atoms with E-state index in [1.165, 1.54) is 5.56 Å². The molecule has 1 atom stereocenters. The minimum atomic E-state index is -0.310. The zero-order valence-corrected chi connectivity index (χ0v) is 13.4. The first-order chi connectivity index (χ1) is 9.45. The Morgan fingerprint density at radius 1 is 1.24 bits per heavy atom. The van der Waals surface area contributed by atoms with Crippen LogP contribution in [-0.2, 0) is 16.1 Å². The Morgan fingerprint density at radius 2 is 1.76 bits per heavy atom. The summed E-state index contributed by atoms with van der Waals surface area (Å²) in [6, 6.07) is 10.3. The van der Waals surface area contributed by atoms with Crippen molar-refractivity contribution in [3.63, 3.8) is 0 Å². The van der Waals surface area contributed by atoms with Crippen LogP contribution in [0.15, 0.2) is 42.5 Å². The summed E-state index contributed by atoms with van der Waals surface area (Å²) in [5.74, 6) is -0.310. The minimum absolute atomic E-state index is 0. The molecular weight excluding hydrogens is 269 g/mol. The van der Waals surface area contributed by atoms with Gasteiger partial charge in [-0.05, 0) is 20.8 Å². The molecule has 0 aliphatic heterocycles. The Labute approximate surface area is 127 Å². The van der Waals surface area contributed by atoms with Gasteiger partial charge in [-0.2, -0.15) is 0 Å². The summed E-state index contributed by atoms with van der Waals surface area (Å²) < 4.78 is 6.29. The average molecular weight is 295 g/mol. The van der Waals surface area contributed by atoms with Crippen molar-refractivity contribution in [2.45, 2.75) is 40.5 Å². The van der Waals surface area contributed by atoms with E-state index < -0.39 is 0 Å². The number of quaternary nitrogens is 1. The smallest absolute Gasteiger partial charge is 0.337 e. The molecule has 4 heteroatoms. The SMILES string of the molecule is C=C(C)C(=O)OC(C)[N+](CC)(CC)Cc1ccccc1.[F-]. The van der Waals surface area contributed by atoms with Gasteiger partial charge in [0.1, 0.15) is 6.54 Å². The molecule has 0 aliphatic rings. The van der Waals surface area contributed by atoms with E-state index in [-0.39, 0.29) is 16.9 Å². The standard InChI is InChI=1S/C17H26NO2.FH/c1-6-18(7-2,13-16-11-9-8-10-12-16)15(5)20-17(19)14(3)4;/h8-12,15H,3,6-7,13H2,1-2,4-5H3;1H/q+1;/p-1. The normalized spacial score (nSPS) is 12.2. The summed E-state index contributed by atoms with van der Waals surface area (Å²) in [7, 11) is 0. The zero-order valence-electron chi connectivity index (χ0n) is 13.4. The summed E-state index contributed by atoms with van der Waals surface area (Å²) in [4.78, 5) is 11.8. The maximum atomic E-state index is 11.8. The number of carbonyl (C=O) groups excluding carboxylic acids is 1. The largest absolute Gasteiger partial charge is 1.00 e. The fourth-order valence-corrected chi connectivity index (χ4v) is 2.40. The molecule has 0 N–H and O–H groups in total. The number of rotatable bonds is 7. The van der Waals surface area contributed by atoms with E-state index in [0.717, 1.165) is 24.1 Å². The minimum Gasteiger partial charge on any atom is -1.00 e.